The standard InChI is InChI=1S/2C31H18N4/c1-2-5-19-17(4-1)14-18-7-8-20-21-9-10-23-22-11-13-32-16-27(22)35-30-26(6-3-12-33-30)34-31(35)29(23)25(21)15-24(20)28(18)19;1-2-5-20-17(4-1)12-18-13-25-19(14-24(18)20)15-26-21(25)7-8-23-22-9-11-32-16-28(22)35-30-27(6-3-10-33-30)34-31(35)29(23)26/h1-13,16H,14-15H2;1-11,13-14,16H,12,15H2. The molecule has 8 aromatic heterocycles. The maximum atomic E-state index is 5.11. The summed E-state index contributed by atoms with van der Waals surface area (Å²) in [5.74, 6) is 0. The first-order chi connectivity index (χ1) is 34.7. The van der Waals surface area contributed by atoms with Crippen LogP contribution in [0.4, 0.5) is 0 Å². The van der Waals surface area contributed by atoms with Gasteiger partial charge in [0, 0.05) is 52.8 Å². The van der Waals surface area contributed by atoms with Gasteiger partial charge in [0.25, 0.3) is 0 Å². The second kappa shape index (κ2) is 13.3. The number of benzene rings is 6. The first kappa shape index (κ1) is 36.9. The maximum absolute atomic E-state index is 5.11. The van der Waals surface area contributed by atoms with Gasteiger partial charge in [0.1, 0.15) is 22.3 Å². The zero-order valence-electron chi connectivity index (χ0n) is 37.6. The molecule has 4 aliphatic rings. The van der Waals surface area contributed by atoms with Gasteiger partial charge in [0.05, 0.1) is 23.4 Å². The first-order valence-electron chi connectivity index (χ1n) is 24.1. The lowest BCUT2D eigenvalue weighted by Gasteiger charge is -2.12. The number of pyridine rings is 6. The molecule has 0 saturated carbocycles. The summed E-state index contributed by atoms with van der Waals surface area (Å²) in [5, 5.41) is 7.29. The molecule has 8 nitrogen and oxygen atoms in total. The molecule has 70 heavy (non-hydrogen) atoms. The fourth-order valence-electron chi connectivity index (χ4n) is 13.1. The van der Waals surface area contributed by atoms with E-state index in [1.807, 2.05) is 61.4 Å². The molecular formula is C62H36N8. The molecule has 0 aliphatic heterocycles. The van der Waals surface area contributed by atoms with Gasteiger partial charge < -0.3 is 0 Å². The lowest BCUT2D eigenvalue weighted by Crippen LogP contribution is -1.96. The van der Waals surface area contributed by atoms with Crippen molar-refractivity contribution in [2.45, 2.75) is 25.7 Å². The summed E-state index contributed by atoms with van der Waals surface area (Å²) < 4.78 is 4.39. The van der Waals surface area contributed by atoms with E-state index in [4.69, 9.17) is 19.9 Å². The van der Waals surface area contributed by atoms with Crippen molar-refractivity contribution in [1.82, 2.24) is 38.7 Å². The second-order valence-electron chi connectivity index (χ2n) is 19.4. The number of nitrogens with zero attached hydrogens (tertiary/aromatic N) is 8. The minimum atomic E-state index is 0.880. The van der Waals surface area contributed by atoms with E-state index in [0.717, 1.165) is 70.3 Å². The van der Waals surface area contributed by atoms with Gasteiger partial charge in [0.2, 0.25) is 0 Å². The number of fused-ring (bicyclic) bond motifs is 31. The van der Waals surface area contributed by atoms with Crippen LogP contribution in [-0.2, 0) is 25.7 Å². The van der Waals surface area contributed by atoms with Crippen molar-refractivity contribution >= 4 is 77.0 Å². The molecule has 0 unspecified atom stereocenters. The molecule has 0 spiro atoms. The average molecular weight is 893 g/mol. The number of rotatable bonds is 0. The van der Waals surface area contributed by atoms with Crippen molar-refractivity contribution in [1.29, 1.82) is 0 Å². The summed E-state index contributed by atoms with van der Waals surface area (Å²) in [4.78, 5) is 28.5. The van der Waals surface area contributed by atoms with Crippen LogP contribution in [0.25, 0.3) is 121 Å². The van der Waals surface area contributed by atoms with Gasteiger partial charge in [-0.3, -0.25) is 18.8 Å². The molecular weight excluding hydrogens is 857 g/mol. The Bertz CT molecular complexity index is 4730. The van der Waals surface area contributed by atoms with E-state index in [9.17, 15) is 0 Å². The van der Waals surface area contributed by atoms with Gasteiger partial charge >= 0.3 is 0 Å². The lowest BCUT2D eigenvalue weighted by molar-refractivity contribution is 1.22. The minimum Gasteiger partial charge on any atom is -0.274 e. The SMILES string of the molecule is c1ccc2c(c1)Cc1cc3c(cc1-2)Cc1c-3ccc2c3ccncc3n3c4ncccc4nc3c12.c1ccc2c(c1)Cc1ccc3c(c1-2)Cc1c-3ccc2c3ccncc3n3c4ncccc4nc3c12. The number of imidazole rings is 2. The summed E-state index contributed by atoms with van der Waals surface area (Å²) in [6, 6.07) is 48.7. The third-order valence-electron chi connectivity index (χ3n) is 16.0. The molecule has 8 heteroatoms. The zero-order chi connectivity index (χ0) is 45.3. The summed E-state index contributed by atoms with van der Waals surface area (Å²) >= 11 is 0. The monoisotopic (exact) mass is 892 g/mol. The van der Waals surface area contributed by atoms with Crippen molar-refractivity contribution in [3.63, 3.8) is 0 Å². The van der Waals surface area contributed by atoms with Crippen LogP contribution in [0.1, 0.15) is 44.5 Å². The largest absolute Gasteiger partial charge is 0.274 e. The molecule has 0 N–H and O–H groups in total. The highest BCUT2D eigenvalue weighted by molar-refractivity contribution is 6.18. The van der Waals surface area contributed by atoms with E-state index < -0.39 is 0 Å². The summed E-state index contributed by atoms with van der Waals surface area (Å²) in [7, 11) is 0. The van der Waals surface area contributed by atoms with Crippen LogP contribution in [0.15, 0.2) is 171 Å². The molecule has 0 saturated heterocycles. The Kier molecular flexibility index (Phi) is 7.02. The second-order valence-corrected chi connectivity index (χ2v) is 19.4. The molecule has 0 amide bonds. The van der Waals surface area contributed by atoms with Crippen LogP contribution in [0, 0.1) is 0 Å². The number of hydrogen-bond acceptors (Lipinski definition) is 6. The molecule has 4 aliphatic carbocycles. The fraction of sp³-hybridized carbons (Fsp3) is 0.0645. The Morgan fingerprint density at radius 1 is 0.343 bits per heavy atom. The highest BCUT2D eigenvalue weighted by atomic mass is 15.1. The Labute approximate surface area is 399 Å². The molecule has 8 heterocycles. The Morgan fingerprint density at radius 3 is 1.54 bits per heavy atom. The van der Waals surface area contributed by atoms with Crippen LogP contribution >= 0.6 is 0 Å². The van der Waals surface area contributed by atoms with E-state index >= 15 is 0 Å². The molecule has 0 bridgehead atoms. The molecule has 0 radical (unpaired) electrons. The summed E-state index contributed by atoms with van der Waals surface area (Å²) in [5.41, 5.74) is 30.0. The van der Waals surface area contributed by atoms with Gasteiger partial charge in [-0.25, -0.2) is 19.9 Å². The van der Waals surface area contributed by atoms with Crippen molar-refractivity contribution in [3.8, 4) is 44.5 Å². The van der Waals surface area contributed by atoms with Crippen LogP contribution in [-0.4, -0.2) is 38.7 Å². The molecule has 324 valence electrons. The van der Waals surface area contributed by atoms with Crippen molar-refractivity contribution in [2.24, 2.45) is 0 Å². The average Bonchev–Trinajstić information content (AvgIpc) is 4.27. The normalized spacial score (nSPS) is 13.5. The number of hydrogen-bond donors (Lipinski definition) is 0. The van der Waals surface area contributed by atoms with Gasteiger partial charge in [-0.15, -0.1) is 0 Å². The molecule has 14 aromatic rings. The fourth-order valence-corrected chi connectivity index (χ4v) is 13.1. The lowest BCUT2D eigenvalue weighted by atomic mass is 9.95. The minimum absolute atomic E-state index is 0.880. The Hall–Kier alpha value is -9.14. The van der Waals surface area contributed by atoms with E-state index in [2.05, 4.69) is 128 Å². The molecule has 0 atom stereocenters. The predicted molar refractivity (Wildman–Crippen MR) is 280 cm³/mol. The molecule has 6 aromatic carbocycles. The van der Waals surface area contributed by atoms with Crippen molar-refractivity contribution in [3.05, 3.63) is 215 Å². The maximum Gasteiger partial charge on any atom is 0.165 e. The van der Waals surface area contributed by atoms with E-state index in [0.29, 0.717) is 0 Å². The van der Waals surface area contributed by atoms with Gasteiger partial charge in [-0.1, -0.05) is 84.9 Å². The Morgan fingerprint density at radius 2 is 0.871 bits per heavy atom. The topological polar surface area (TPSA) is 86.2 Å². The van der Waals surface area contributed by atoms with E-state index in [1.54, 1.807) is 0 Å². The van der Waals surface area contributed by atoms with Crippen molar-refractivity contribution in [2.75, 3.05) is 0 Å². The zero-order valence-corrected chi connectivity index (χ0v) is 37.6. The Balaban J connectivity index is 0.000000117. The van der Waals surface area contributed by atoms with Gasteiger partial charge in [-0.2, -0.15) is 0 Å². The summed E-state index contributed by atoms with van der Waals surface area (Å²) in [6.07, 6.45) is 15.2. The van der Waals surface area contributed by atoms with Crippen LogP contribution in [0.3, 0.4) is 0 Å². The highest BCUT2D eigenvalue weighted by Gasteiger charge is 2.32. The van der Waals surface area contributed by atoms with E-state index in [-0.39, 0.29) is 0 Å². The number of aromatic nitrogens is 8. The molecule has 18 rings (SSSR count). The summed E-state index contributed by atoms with van der Waals surface area (Å²) in [6.45, 7) is 0. The third-order valence-corrected chi connectivity index (χ3v) is 16.0. The molecule has 0 fully saturated rings. The van der Waals surface area contributed by atoms with Gasteiger partial charge in [0.15, 0.2) is 11.3 Å². The van der Waals surface area contributed by atoms with Crippen LogP contribution in [0.2, 0.25) is 0 Å². The van der Waals surface area contributed by atoms with E-state index in [1.165, 1.54) is 121 Å². The first-order valence-corrected chi connectivity index (χ1v) is 24.1. The van der Waals surface area contributed by atoms with Gasteiger partial charge in [-0.05, 0) is 168 Å². The van der Waals surface area contributed by atoms with Crippen LogP contribution in [0.5, 0.6) is 0 Å². The van der Waals surface area contributed by atoms with Crippen molar-refractivity contribution < 1.29 is 0 Å². The third kappa shape index (κ3) is 4.74. The smallest absolute Gasteiger partial charge is 0.165 e. The predicted octanol–water partition coefficient (Wildman–Crippen LogP) is 13.5. The highest BCUT2D eigenvalue weighted by Crippen LogP contribution is 2.51. The quantitative estimate of drug-likeness (QED) is 0.141. The van der Waals surface area contributed by atoms with Crippen LogP contribution < -0.4 is 0 Å².